The van der Waals surface area contributed by atoms with Crippen LogP contribution in [-0.2, 0) is 0 Å². The molecule has 1 aromatic rings. The second-order valence-electron chi connectivity index (χ2n) is 5.58. The van der Waals surface area contributed by atoms with Crippen molar-refractivity contribution in [2.45, 2.75) is 66.2 Å². The molecule has 0 bridgehead atoms. The maximum atomic E-state index is 6.49. The Kier molecular flexibility index (Phi) is 7.88. The standard InChI is InChI=1S/C19H29ClO/c1-6-9-10-12-16(11-7-2)18-15(5)19(20)14(4)13-17(18)21-8-3/h9-10,13,16H,6-8,11-12H2,1-5H3/b10-9-. The number of aryl methyl sites for hydroxylation is 1. The van der Waals surface area contributed by atoms with Crippen LogP contribution in [0.3, 0.4) is 0 Å². The Morgan fingerprint density at radius 3 is 2.48 bits per heavy atom. The molecule has 1 atom stereocenters. The Balaban J connectivity index is 3.26. The highest BCUT2D eigenvalue weighted by molar-refractivity contribution is 6.32. The molecule has 0 spiro atoms. The molecule has 0 fully saturated rings. The number of hydrogen-bond acceptors (Lipinski definition) is 1. The molecule has 2 heteroatoms. The van der Waals surface area contributed by atoms with Crippen LogP contribution in [0.4, 0.5) is 0 Å². The first-order valence-electron chi connectivity index (χ1n) is 8.14. The quantitative estimate of drug-likeness (QED) is 0.492. The van der Waals surface area contributed by atoms with Crippen LogP contribution in [0.15, 0.2) is 18.2 Å². The second kappa shape index (κ2) is 9.15. The molecule has 0 amide bonds. The van der Waals surface area contributed by atoms with Gasteiger partial charge < -0.3 is 4.74 Å². The molecular formula is C19H29ClO. The first-order chi connectivity index (χ1) is 10.1. The molecule has 0 saturated heterocycles. The predicted octanol–water partition coefficient (Wildman–Crippen LogP) is 6.60. The molecule has 0 aliphatic carbocycles. The number of benzene rings is 1. The van der Waals surface area contributed by atoms with Crippen molar-refractivity contribution in [3.8, 4) is 5.75 Å². The van der Waals surface area contributed by atoms with Crippen LogP contribution in [0.25, 0.3) is 0 Å². The summed E-state index contributed by atoms with van der Waals surface area (Å²) in [7, 11) is 0. The van der Waals surface area contributed by atoms with Gasteiger partial charge in [0, 0.05) is 10.6 Å². The monoisotopic (exact) mass is 308 g/mol. The lowest BCUT2D eigenvalue weighted by Gasteiger charge is -2.23. The van der Waals surface area contributed by atoms with Crippen LogP contribution < -0.4 is 4.74 Å². The van der Waals surface area contributed by atoms with Gasteiger partial charge in [-0.15, -0.1) is 0 Å². The third kappa shape index (κ3) is 4.78. The van der Waals surface area contributed by atoms with E-state index in [1.807, 2.05) is 13.8 Å². The molecule has 21 heavy (non-hydrogen) atoms. The molecule has 118 valence electrons. The van der Waals surface area contributed by atoms with Crippen molar-refractivity contribution < 1.29 is 4.74 Å². The number of halogens is 1. The summed E-state index contributed by atoms with van der Waals surface area (Å²) in [5.41, 5.74) is 3.58. The third-order valence-electron chi connectivity index (χ3n) is 3.86. The van der Waals surface area contributed by atoms with Crippen molar-refractivity contribution in [1.82, 2.24) is 0 Å². The summed E-state index contributed by atoms with van der Waals surface area (Å²) in [6, 6.07) is 2.10. The molecule has 0 aromatic heterocycles. The molecule has 0 heterocycles. The fourth-order valence-electron chi connectivity index (χ4n) is 2.87. The average molecular weight is 309 g/mol. The second-order valence-corrected chi connectivity index (χ2v) is 5.96. The summed E-state index contributed by atoms with van der Waals surface area (Å²) in [6.45, 7) is 11.3. The lowest BCUT2D eigenvalue weighted by atomic mass is 9.86. The van der Waals surface area contributed by atoms with Crippen molar-refractivity contribution in [2.24, 2.45) is 0 Å². The van der Waals surface area contributed by atoms with Crippen molar-refractivity contribution in [3.63, 3.8) is 0 Å². The number of allylic oxidation sites excluding steroid dienone is 2. The minimum absolute atomic E-state index is 0.484. The van der Waals surface area contributed by atoms with Crippen molar-refractivity contribution >= 4 is 11.6 Å². The van der Waals surface area contributed by atoms with Gasteiger partial charge in [-0.3, -0.25) is 0 Å². The van der Waals surface area contributed by atoms with Crippen LogP contribution in [0.1, 0.15) is 69.1 Å². The van der Waals surface area contributed by atoms with Gasteiger partial charge in [-0.1, -0.05) is 44.0 Å². The van der Waals surface area contributed by atoms with E-state index in [1.165, 1.54) is 17.5 Å². The summed E-state index contributed by atoms with van der Waals surface area (Å²) in [5, 5.41) is 0.883. The largest absolute Gasteiger partial charge is 0.494 e. The normalized spacial score (nSPS) is 12.9. The molecule has 1 rings (SSSR count). The van der Waals surface area contributed by atoms with E-state index < -0.39 is 0 Å². The number of ether oxygens (including phenoxy) is 1. The van der Waals surface area contributed by atoms with E-state index in [0.717, 1.165) is 35.6 Å². The van der Waals surface area contributed by atoms with Gasteiger partial charge in [0.25, 0.3) is 0 Å². The first kappa shape index (κ1) is 18.1. The fourth-order valence-corrected chi connectivity index (χ4v) is 3.03. The summed E-state index contributed by atoms with van der Waals surface area (Å²) in [6.07, 6.45) is 9.01. The van der Waals surface area contributed by atoms with Gasteiger partial charge in [-0.25, -0.2) is 0 Å². The summed E-state index contributed by atoms with van der Waals surface area (Å²) in [5.74, 6) is 1.50. The van der Waals surface area contributed by atoms with E-state index in [-0.39, 0.29) is 0 Å². The van der Waals surface area contributed by atoms with Crippen molar-refractivity contribution in [2.75, 3.05) is 6.61 Å². The lowest BCUT2D eigenvalue weighted by Crippen LogP contribution is -2.06. The molecule has 1 nitrogen and oxygen atoms in total. The van der Waals surface area contributed by atoms with E-state index in [9.17, 15) is 0 Å². The van der Waals surface area contributed by atoms with Gasteiger partial charge in [0.1, 0.15) is 5.75 Å². The highest BCUT2D eigenvalue weighted by Gasteiger charge is 2.20. The smallest absolute Gasteiger partial charge is 0.123 e. The molecule has 0 N–H and O–H groups in total. The molecule has 0 radical (unpaired) electrons. The Bertz CT molecular complexity index is 477. The summed E-state index contributed by atoms with van der Waals surface area (Å²) in [4.78, 5) is 0. The number of hydrogen-bond donors (Lipinski definition) is 0. The van der Waals surface area contributed by atoms with E-state index in [0.29, 0.717) is 12.5 Å². The zero-order valence-corrected chi connectivity index (χ0v) is 14.9. The van der Waals surface area contributed by atoms with Gasteiger partial charge in [-0.2, -0.15) is 0 Å². The molecule has 0 aliphatic heterocycles. The van der Waals surface area contributed by atoms with Crippen LogP contribution in [0.2, 0.25) is 5.02 Å². The van der Waals surface area contributed by atoms with E-state index in [4.69, 9.17) is 16.3 Å². The molecule has 1 aromatic carbocycles. The van der Waals surface area contributed by atoms with E-state index in [1.54, 1.807) is 0 Å². The van der Waals surface area contributed by atoms with Crippen molar-refractivity contribution in [1.29, 1.82) is 0 Å². The van der Waals surface area contributed by atoms with Gasteiger partial charge in [0.15, 0.2) is 0 Å². The predicted molar refractivity (Wildman–Crippen MR) is 93.8 cm³/mol. The fraction of sp³-hybridized carbons (Fsp3) is 0.579. The van der Waals surface area contributed by atoms with Gasteiger partial charge in [0.05, 0.1) is 6.61 Å². The summed E-state index contributed by atoms with van der Waals surface area (Å²) < 4.78 is 5.90. The van der Waals surface area contributed by atoms with Crippen LogP contribution in [0, 0.1) is 13.8 Å². The van der Waals surface area contributed by atoms with Crippen LogP contribution in [0.5, 0.6) is 5.75 Å². The average Bonchev–Trinajstić information content (AvgIpc) is 2.45. The van der Waals surface area contributed by atoms with Crippen LogP contribution >= 0.6 is 11.6 Å². The Labute approximate surface area is 135 Å². The SMILES string of the molecule is CC/C=C\CC(CCC)c1c(OCC)cc(C)c(Cl)c1C. The molecule has 0 saturated carbocycles. The van der Waals surface area contributed by atoms with E-state index >= 15 is 0 Å². The molecule has 1 unspecified atom stereocenters. The first-order valence-corrected chi connectivity index (χ1v) is 8.51. The highest BCUT2D eigenvalue weighted by Crippen LogP contribution is 2.40. The van der Waals surface area contributed by atoms with Gasteiger partial charge in [-0.05, 0) is 63.1 Å². The Morgan fingerprint density at radius 1 is 1.19 bits per heavy atom. The third-order valence-corrected chi connectivity index (χ3v) is 4.44. The Morgan fingerprint density at radius 2 is 1.90 bits per heavy atom. The maximum absolute atomic E-state index is 6.49. The summed E-state index contributed by atoms with van der Waals surface area (Å²) >= 11 is 6.49. The number of rotatable bonds is 8. The molecular weight excluding hydrogens is 280 g/mol. The minimum Gasteiger partial charge on any atom is -0.494 e. The van der Waals surface area contributed by atoms with Crippen LogP contribution in [-0.4, -0.2) is 6.61 Å². The van der Waals surface area contributed by atoms with Gasteiger partial charge >= 0.3 is 0 Å². The van der Waals surface area contributed by atoms with Gasteiger partial charge in [0.2, 0.25) is 0 Å². The topological polar surface area (TPSA) is 9.23 Å². The molecule has 0 aliphatic rings. The zero-order valence-electron chi connectivity index (χ0n) is 14.1. The minimum atomic E-state index is 0.484. The lowest BCUT2D eigenvalue weighted by molar-refractivity contribution is 0.332. The Hall–Kier alpha value is -0.950. The van der Waals surface area contributed by atoms with Crippen molar-refractivity contribution in [3.05, 3.63) is 39.9 Å². The zero-order chi connectivity index (χ0) is 15.8. The highest BCUT2D eigenvalue weighted by atomic mass is 35.5. The maximum Gasteiger partial charge on any atom is 0.123 e. The van der Waals surface area contributed by atoms with E-state index in [2.05, 4.69) is 39.0 Å².